The second-order valence-electron chi connectivity index (χ2n) is 4.95. The molecule has 0 bridgehead atoms. The van der Waals surface area contributed by atoms with Crippen LogP contribution in [0.15, 0.2) is 48.5 Å². The number of nitrogens with two attached hydrogens (primary N) is 4. The highest BCUT2D eigenvalue weighted by Gasteiger charge is 2.16. The van der Waals surface area contributed by atoms with Crippen molar-refractivity contribution in [2.75, 3.05) is 15.3 Å². The summed E-state index contributed by atoms with van der Waals surface area (Å²) in [5.74, 6) is 11.3. The Balaban J connectivity index is 2.33. The summed E-state index contributed by atoms with van der Waals surface area (Å²) in [6.07, 6.45) is 0. The highest BCUT2D eigenvalue weighted by Crippen LogP contribution is 2.25. The number of hydrogen-bond acceptors (Lipinski definition) is 5. The molecular formula is C15H19N7O2. The van der Waals surface area contributed by atoms with E-state index in [1.54, 1.807) is 6.07 Å². The molecule has 0 unspecified atom stereocenters. The molecule has 0 aliphatic heterocycles. The molecule has 0 fully saturated rings. The number of amides is 4. The summed E-state index contributed by atoms with van der Waals surface area (Å²) in [5, 5.41) is 4.79. The highest BCUT2D eigenvalue weighted by molar-refractivity contribution is 5.92. The third-order valence-corrected chi connectivity index (χ3v) is 3.33. The Hall–Kier alpha value is -3.30. The molecule has 9 heteroatoms. The van der Waals surface area contributed by atoms with Gasteiger partial charge in [0.25, 0.3) is 0 Å². The van der Waals surface area contributed by atoms with Crippen LogP contribution in [0, 0.1) is 0 Å². The van der Waals surface area contributed by atoms with Crippen molar-refractivity contribution in [2.45, 2.75) is 6.54 Å². The van der Waals surface area contributed by atoms with Gasteiger partial charge >= 0.3 is 12.1 Å². The number of urea groups is 2. The van der Waals surface area contributed by atoms with Crippen LogP contribution in [0.25, 0.3) is 0 Å². The number of benzene rings is 2. The molecule has 126 valence electrons. The molecule has 0 aliphatic rings. The zero-order chi connectivity index (χ0) is 17.7. The fourth-order valence-electron chi connectivity index (χ4n) is 2.10. The van der Waals surface area contributed by atoms with Gasteiger partial charge in [-0.25, -0.2) is 31.3 Å². The van der Waals surface area contributed by atoms with E-state index in [2.05, 4.69) is 5.32 Å². The number of rotatable bonds is 5. The van der Waals surface area contributed by atoms with Gasteiger partial charge in [-0.1, -0.05) is 18.2 Å². The van der Waals surface area contributed by atoms with E-state index in [-0.39, 0.29) is 0 Å². The summed E-state index contributed by atoms with van der Waals surface area (Å²) in [7, 11) is 0. The van der Waals surface area contributed by atoms with Crippen molar-refractivity contribution >= 4 is 29.1 Å². The van der Waals surface area contributed by atoms with E-state index < -0.39 is 12.1 Å². The Labute approximate surface area is 138 Å². The zero-order valence-electron chi connectivity index (χ0n) is 12.8. The van der Waals surface area contributed by atoms with Crippen molar-refractivity contribution < 1.29 is 9.59 Å². The molecule has 0 saturated carbocycles. The van der Waals surface area contributed by atoms with Crippen molar-refractivity contribution in [3.63, 3.8) is 0 Å². The molecule has 0 spiro atoms. The Morgan fingerprint density at radius 2 is 1.54 bits per heavy atom. The largest absolute Gasteiger partial charge is 0.381 e. The molecule has 0 aliphatic carbocycles. The van der Waals surface area contributed by atoms with Crippen LogP contribution < -0.4 is 38.5 Å². The first kappa shape index (κ1) is 17.1. The predicted octanol–water partition coefficient (Wildman–Crippen LogP) is 0.816. The Morgan fingerprint density at radius 1 is 0.917 bits per heavy atom. The van der Waals surface area contributed by atoms with Crippen molar-refractivity contribution in [3.05, 3.63) is 54.1 Å². The second kappa shape index (κ2) is 7.31. The predicted molar refractivity (Wildman–Crippen MR) is 92.7 cm³/mol. The molecule has 9 nitrogen and oxygen atoms in total. The number of para-hydroxylation sites is 1. The van der Waals surface area contributed by atoms with E-state index in [0.717, 1.165) is 15.7 Å². The first-order chi connectivity index (χ1) is 11.4. The molecule has 2 aromatic carbocycles. The maximum atomic E-state index is 11.3. The van der Waals surface area contributed by atoms with Crippen LogP contribution in [-0.4, -0.2) is 12.1 Å². The highest BCUT2D eigenvalue weighted by atomic mass is 16.2. The van der Waals surface area contributed by atoms with E-state index in [0.29, 0.717) is 23.5 Å². The number of hydrogen-bond donors (Lipinski definition) is 5. The third kappa shape index (κ3) is 3.91. The van der Waals surface area contributed by atoms with Gasteiger partial charge in [-0.15, -0.1) is 0 Å². The molecular weight excluding hydrogens is 310 g/mol. The van der Waals surface area contributed by atoms with Gasteiger partial charge in [0.15, 0.2) is 0 Å². The summed E-state index contributed by atoms with van der Waals surface area (Å²) < 4.78 is 0. The lowest BCUT2D eigenvalue weighted by molar-refractivity contribution is 0.253. The Bertz CT molecular complexity index is 736. The normalized spacial score (nSPS) is 10.1. The van der Waals surface area contributed by atoms with Crippen LogP contribution in [0.2, 0.25) is 0 Å². The van der Waals surface area contributed by atoms with Crippen LogP contribution in [-0.2, 0) is 6.54 Å². The van der Waals surface area contributed by atoms with Gasteiger partial charge in [0, 0.05) is 12.2 Å². The van der Waals surface area contributed by atoms with E-state index in [4.69, 9.17) is 23.2 Å². The van der Waals surface area contributed by atoms with Gasteiger partial charge < -0.3 is 16.8 Å². The molecule has 0 atom stereocenters. The molecule has 2 rings (SSSR count). The molecule has 9 N–H and O–H groups in total. The maximum Gasteiger partial charge on any atom is 0.333 e. The van der Waals surface area contributed by atoms with E-state index in [1.807, 2.05) is 30.3 Å². The summed E-state index contributed by atoms with van der Waals surface area (Å²) >= 11 is 0. The zero-order valence-corrected chi connectivity index (χ0v) is 12.8. The van der Waals surface area contributed by atoms with Gasteiger partial charge in [-0.3, -0.25) is 0 Å². The monoisotopic (exact) mass is 329 g/mol. The number of anilines is 3. The molecule has 0 aromatic heterocycles. The van der Waals surface area contributed by atoms with Crippen LogP contribution in [0.4, 0.5) is 26.7 Å². The van der Waals surface area contributed by atoms with E-state index in [9.17, 15) is 9.59 Å². The lowest BCUT2D eigenvalue weighted by Gasteiger charge is -2.21. The molecule has 0 saturated heterocycles. The fraction of sp³-hybridized carbons (Fsp3) is 0.0667. The lowest BCUT2D eigenvalue weighted by Crippen LogP contribution is -2.43. The van der Waals surface area contributed by atoms with Gasteiger partial charge in [0.05, 0.1) is 11.4 Å². The van der Waals surface area contributed by atoms with Crippen LogP contribution in [0.1, 0.15) is 5.56 Å². The number of carbonyl (C=O) groups excluding carboxylic acids is 2. The van der Waals surface area contributed by atoms with Crippen molar-refractivity contribution in [1.29, 1.82) is 0 Å². The third-order valence-electron chi connectivity index (χ3n) is 3.33. The minimum Gasteiger partial charge on any atom is -0.381 e. The molecule has 0 heterocycles. The van der Waals surface area contributed by atoms with Crippen molar-refractivity contribution in [2.24, 2.45) is 23.2 Å². The van der Waals surface area contributed by atoms with Crippen molar-refractivity contribution in [1.82, 2.24) is 0 Å². The summed E-state index contributed by atoms with van der Waals surface area (Å²) in [5.41, 5.74) is 12.6. The molecule has 0 radical (unpaired) electrons. The SMILES string of the molecule is NC(=O)N(N)c1ccc(N(N)C(N)=O)c(CNc2ccccc2)c1. The number of primary amides is 2. The number of nitrogens with one attached hydrogen (secondary N) is 1. The summed E-state index contributed by atoms with van der Waals surface area (Å²) in [6.45, 7) is 0.320. The van der Waals surface area contributed by atoms with Crippen molar-refractivity contribution in [3.8, 4) is 0 Å². The summed E-state index contributed by atoms with van der Waals surface area (Å²) in [4.78, 5) is 22.6. The first-order valence-corrected chi connectivity index (χ1v) is 7.00. The summed E-state index contributed by atoms with van der Waals surface area (Å²) in [6, 6.07) is 12.4. The Kier molecular flexibility index (Phi) is 5.20. The standard InChI is InChI=1S/C15H19N7O2/c16-14(23)21(18)12-6-7-13(22(19)15(17)24)10(8-12)9-20-11-4-2-1-3-5-11/h1-8,20H,9,18-19H2,(H2,16,23)(H2,17,24). The molecule has 4 amide bonds. The van der Waals surface area contributed by atoms with Gasteiger partial charge in [-0.05, 0) is 35.9 Å². The Morgan fingerprint density at radius 3 is 2.12 bits per heavy atom. The van der Waals surface area contributed by atoms with Crippen LogP contribution in [0.3, 0.4) is 0 Å². The topological polar surface area (TPSA) is 157 Å². The smallest absolute Gasteiger partial charge is 0.333 e. The molecule has 2 aromatic rings. The minimum atomic E-state index is -0.816. The number of nitrogens with zero attached hydrogens (tertiary/aromatic N) is 2. The maximum absolute atomic E-state index is 11.3. The van der Waals surface area contributed by atoms with E-state index >= 15 is 0 Å². The number of hydrazine groups is 2. The minimum absolute atomic E-state index is 0.320. The van der Waals surface area contributed by atoms with Gasteiger partial charge in [0.2, 0.25) is 0 Å². The quantitative estimate of drug-likeness (QED) is 0.312. The van der Waals surface area contributed by atoms with Gasteiger partial charge in [0.1, 0.15) is 0 Å². The number of carbonyl (C=O) groups is 2. The van der Waals surface area contributed by atoms with E-state index in [1.165, 1.54) is 12.1 Å². The fourth-order valence-corrected chi connectivity index (χ4v) is 2.10. The van der Waals surface area contributed by atoms with Crippen LogP contribution >= 0.6 is 0 Å². The van der Waals surface area contributed by atoms with Crippen LogP contribution in [0.5, 0.6) is 0 Å². The average molecular weight is 329 g/mol. The average Bonchev–Trinajstić information content (AvgIpc) is 2.59. The lowest BCUT2D eigenvalue weighted by atomic mass is 10.1. The first-order valence-electron chi connectivity index (χ1n) is 7.00. The molecule has 24 heavy (non-hydrogen) atoms. The second-order valence-corrected chi connectivity index (χ2v) is 4.95. The van der Waals surface area contributed by atoms with Gasteiger partial charge in [-0.2, -0.15) is 0 Å².